The Balaban J connectivity index is 2.38. The van der Waals surface area contributed by atoms with Crippen molar-refractivity contribution < 1.29 is 13.2 Å². The predicted molar refractivity (Wildman–Crippen MR) is 72.5 cm³/mol. The van der Waals surface area contributed by atoms with Gasteiger partial charge in [0.1, 0.15) is 5.69 Å². The van der Waals surface area contributed by atoms with Gasteiger partial charge in [-0.05, 0) is 43.7 Å². The number of aryl methyl sites for hydroxylation is 2. The lowest BCUT2D eigenvalue weighted by Gasteiger charge is -2.20. The van der Waals surface area contributed by atoms with Crippen LogP contribution in [0.15, 0.2) is 12.1 Å². The highest BCUT2D eigenvalue weighted by Crippen LogP contribution is 2.38. The van der Waals surface area contributed by atoms with Crippen molar-refractivity contribution in [1.82, 2.24) is 4.98 Å². The fourth-order valence-corrected chi connectivity index (χ4v) is 2.95. The molecule has 0 amide bonds. The molecular formula is C15H15F3N2. The fourth-order valence-electron chi connectivity index (χ4n) is 2.95. The van der Waals surface area contributed by atoms with Gasteiger partial charge >= 0.3 is 6.18 Å². The predicted octanol–water partition coefficient (Wildman–Crippen LogP) is 4.02. The highest BCUT2D eigenvalue weighted by molar-refractivity contribution is 5.94. The van der Waals surface area contributed by atoms with Crippen LogP contribution in [0.2, 0.25) is 0 Å². The smallest absolute Gasteiger partial charge is 0.398 e. The van der Waals surface area contributed by atoms with E-state index in [2.05, 4.69) is 4.98 Å². The molecule has 5 heteroatoms. The number of rotatable bonds is 0. The van der Waals surface area contributed by atoms with Crippen LogP contribution >= 0.6 is 0 Å². The van der Waals surface area contributed by atoms with Crippen LogP contribution in [0.3, 0.4) is 0 Å². The minimum Gasteiger partial charge on any atom is -0.398 e. The number of benzene rings is 1. The maximum Gasteiger partial charge on any atom is 0.433 e. The van der Waals surface area contributed by atoms with E-state index < -0.39 is 11.9 Å². The van der Waals surface area contributed by atoms with Gasteiger partial charge in [-0.15, -0.1) is 0 Å². The first-order valence-corrected chi connectivity index (χ1v) is 6.67. The highest BCUT2D eigenvalue weighted by Gasteiger charge is 2.36. The monoisotopic (exact) mass is 280 g/mol. The normalized spacial score (nSPS) is 15.4. The zero-order valence-electron chi connectivity index (χ0n) is 11.1. The topological polar surface area (TPSA) is 38.9 Å². The maximum absolute atomic E-state index is 13.1. The minimum atomic E-state index is -4.47. The third-order valence-corrected chi connectivity index (χ3v) is 4.04. The van der Waals surface area contributed by atoms with Crippen LogP contribution in [-0.2, 0) is 19.0 Å². The van der Waals surface area contributed by atoms with Gasteiger partial charge in [0.25, 0.3) is 0 Å². The van der Waals surface area contributed by atoms with E-state index in [0.717, 1.165) is 36.8 Å². The van der Waals surface area contributed by atoms with Crippen molar-refractivity contribution in [2.45, 2.75) is 38.8 Å². The molecule has 0 unspecified atom stereocenters. The van der Waals surface area contributed by atoms with Gasteiger partial charge in [0.15, 0.2) is 0 Å². The Morgan fingerprint density at radius 2 is 1.85 bits per heavy atom. The molecule has 0 radical (unpaired) electrons. The van der Waals surface area contributed by atoms with Crippen LogP contribution in [0.25, 0.3) is 10.9 Å². The Hall–Kier alpha value is -1.78. The molecule has 20 heavy (non-hydrogen) atoms. The Morgan fingerprint density at radius 1 is 1.15 bits per heavy atom. The van der Waals surface area contributed by atoms with Gasteiger partial charge < -0.3 is 5.73 Å². The van der Waals surface area contributed by atoms with Gasteiger partial charge in [-0.1, -0.05) is 12.1 Å². The molecule has 106 valence electrons. The number of fused-ring (bicyclic) bond motifs is 3. The molecule has 1 aliphatic carbocycles. The Labute approximate surface area is 114 Å². The molecule has 1 aliphatic rings. The summed E-state index contributed by atoms with van der Waals surface area (Å²) < 4.78 is 39.2. The first-order valence-electron chi connectivity index (χ1n) is 6.67. The van der Waals surface area contributed by atoms with Crippen molar-refractivity contribution in [3.05, 3.63) is 34.5 Å². The lowest BCUT2D eigenvalue weighted by molar-refractivity contribution is -0.141. The fraction of sp³-hybridized carbons (Fsp3) is 0.400. The lowest BCUT2D eigenvalue weighted by Crippen LogP contribution is -2.14. The number of alkyl halides is 3. The first-order chi connectivity index (χ1) is 9.39. The number of anilines is 1. The van der Waals surface area contributed by atoms with Gasteiger partial charge in [0.2, 0.25) is 0 Å². The SMILES string of the molecule is Cc1c(C(F)(F)F)nc2c3c(ccc2c1N)CCCC3. The van der Waals surface area contributed by atoms with Crippen LogP contribution in [-0.4, -0.2) is 4.98 Å². The summed E-state index contributed by atoms with van der Waals surface area (Å²) in [5, 5.41) is 0.635. The van der Waals surface area contributed by atoms with E-state index >= 15 is 0 Å². The second-order valence-corrected chi connectivity index (χ2v) is 5.30. The maximum atomic E-state index is 13.1. The zero-order chi connectivity index (χ0) is 14.5. The molecule has 0 saturated carbocycles. The van der Waals surface area contributed by atoms with Crippen molar-refractivity contribution in [1.29, 1.82) is 0 Å². The van der Waals surface area contributed by atoms with Crippen LogP contribution < -0.4 is 5.73 Å². The minimum absolute atomic E-state index is 0.0146. The quantitative estimate of drug-likeness (QED) is 0.791. The number of aromatic nitrogens is 1. The molecular weight excluding hydrogens is 265 g/mol. The van der Waals surface area contributed by atoms with Crippen LogP contribution in [0, 0.1) is 6.92 Å². The molecule has 3 rings (SSSR count). The summed E-state index contributed by atoms with van der Waals surface area (Å²) >= 11 is 0. The number of halogens is 3. The molecule has 2 nitrogen and oxygen atoms in total. The zero-order valence-corrected chi connectivity index (χ0v) is 11.1. The van der Waals surface area contributed by atoms with Gasteiger partial charge in [0, 0.05) is 16.6 Å². The summed E-state index contributed by atoms with van der Waals surface area (Å²) in [5.74, 6) is 0. The van der Waals surface area contributed by atoms with Crippen molar-refractivity contribution in [3.63, 3.8) is 0 Å². The van der Waals surface area contributed by atoms with E-state index in [1.54, 1.807) is 6.07 Å². The number of hydrogen-bond donors (Lipinski definition) is 1. The van der Waals surface area contributed by atoms with E-state index in [1.807, 2.05) is 6.07 Å². The average molecular weight is 280 g/mol. The Bertz CT molecular complexity index is 690. The first kappa shape index (κ1) is 13.2. The largest absolute Gasteiger partial charge is 0.433 e. The Kier molecular flexibility index (Phi) is 2.88. The molecule has 2 aromatic rings. The average Bonchev–Trinajstić information content (AvgIpc) is 2.41. The second-order valence-electron chi connectivity index (χ2n) is 5.30. The van der Waals surface area contributed by atoms with Crippen LogP contribution in [0.5, 0.6) is 0 Å². The van der Waals surface area contributed by atoms with Crippen LogP contribution in [0.4, 0.5) is 18.9 Å². The summed E-state index contributed by atoms with van der Waals surface area (Å²) in [6.45, 7) is 1.38. The third-order valence-electron chi connectivity index (χ3n) is 4.04. The third kappa shape index (κ3) is 1.92. The summed E-state index contributed by atoms with van der Waals surface area (Å²) in [6.07, 6.45) is -0.722. The summed E-state index contributed by atoms with van der Waals surface area (Å²) in [7, 11) is 0. The standard InChI is InChI=1S/C15H15F3N2/c1-8-12(19)11-7-6-9-4-2-3-5-10(9)13(11)20-14(8)15(16,17)18/h6-7H,2-5H2,1H3,(H2,19,20). The summed E-state index contributed by atoms with van der Waals surface area (Å²) in [6, 6.07) is 3.77. The lowest BCUT2D eigenvalue weighted by atomic mass is 9.89. The molecule has 0 spiro atoms. The number of nitrogens with zero attached hydrogens (tertiary/aromatic N) is 1. The molecule has 0 atom stereocenters. The molecule has 0 saturated heterocycles. The van der Waals surface area contributed by atoms with Crippen molar-refractivity contribution >= 4 is 16.6 Å². The molecule has 2 N–H and O–H groups in total. The molecule has 1 aromatic heterocycles. The van der Waals surface area contributed by atoms with Gasteiger partial charge in [-0.25, -0.2) is 4.98 Å². The molecule has 1 heterocycles. The number of nitrogen functional groups attached to an aromatic ring is 1. The van der Waals surface area contributed by atoms with Crippen molar-refractivity contribution in [3.8, 4) is 0 Å². The number of nitrogens with two attached hydrogens (primary N) is 1. The molecule has 1 aromatic carbocycles. The van der Waals surface area contributed by atoms with E-state index in [4.69, 9.17) is 5.73 Å². The van der Waals surface area contributed by atoms with E-state index in [9.17, 15) is 13.2 Å². The number of pyridine rings is 1. The van der Waals surface area contributed by atoms with E-state index in [1.165, 1.54) is 6.92 Å². The van der Waals surface area contributed by atoms with Crippen LogP contribution in [0.1, 0.15) is 35.2 Å². The summed E-state index contributed by atoms with van der Waals surface area (Å²) in [4.78, 5) is 3.92. The molecule has 0 bridgehead atoms. The van der Waals surface area contributed by atoms with Crippen molar-refractivity contribution in [2.75, 3.05) is 5.73 Å². The number of hydrogen-bond acceptors (Lipinski definition) is 2. The van der Waals surface area contributed by atoms with E-state index in [-0.39, 0.29) is 11.3 Å². The molecule has 0 fully saturated rings. The Morgan fingerprint density at radius 3 is 2.55 bits per heavy atom. The van der Waals surface area contributed by atoms with Gasteiger partial charge in [-0.3, -0.25) is 0 Å². The highest BCUT2D eigenvalue weighted by atomic mass is 19.4. The van der Waals surface area contributed by atoms with E-state index in [0.29, 0.717) is 10.9 Å². The molecule has 0 aliphatic heterocycles. The summed E-state index contributed by atoms with van der Waals surface area (Å²) in [5.41, 5.74) is 7.72. The van der Waals surface area contributed by atoms with Crippen molar-refractivity contribution in [2.24, 2.45) is 0 Å². The van der Waals surface area contributed by atoms with Gasteiger partial charge in [-0.2, -0.15) is 13.2 Å². The van der Waals surface area contributed by atoms with Gasteiger partial charge in [0.05, 0.1) is 5.52 Å². The second kappa shape index (κ2) is 4.36.